The van der Waals surface area contributed by atoms with Gasteiger partial charge in [0.15, 0.2) is 11.8 Å². The third kappa shape index (κ3) is 2.30. The van der Waals surface area contributed by atoms with Gasteiger partial charge in [0.2, 0.25) is 17.4 Å². The first kappa shape index (κ1) is 15.7. The van der Waals surface area contributed by atoms with Crippen LogP contribution in [-0.2, 0) is 7.05 Å². The number of halogens is 2. The molecule has 3 aromatic heterocycles. The van der Waals surface area contributed by atoms with Crippen LogP contribution < -0.4 is 4.57 Å². The van der Waals surface area contributed by atoms with Gasteiger partial charge in [-0.3, -0.25) is 0 Å². The van der Waals surface area contributed by atoms with Gasteiger partial charge in [0.05, 0.1) is 16.3 Å². The maximum absolute atomic E-state index is 14.8. The normalized spacial score (nSPS) is 11.6. The number of aromatic nitrogens is 2. The van der Waals surface area contributed by atoms with E-state index in [1.165, 1.54) is 12.1 Å². The van der Waals surface area contributed by atoms with Gasteiger partial charge >= 0.3 is 0 Å². The molecule has 0 aliphatic rings. The Morgan fingerprint density at radius 1 is 1.00 bits per heavy atom. The van der Waals surface area contributed by atoms with Gasteiger partial charge in [-0.15, -0.1) is 0 Å². The fourth-order valence-corrected chi connectivity index (χ4v) is 3.49. The lowest BCUT2D eigenvalue weighted by molar-refractivity contribution is -0.660. The molecule has 0 aliphatic heterocycles. The van der Waals surface area contributed by atoms with Crippen LogP contribution >= 0.6 is 0 Å². The van der Waals surface area contributed by atoms with Gasteiger partial charge in [-0.1, -0.05) is 0 Å². The van der Waals surface area contributed by atoms with Crippen LogP contribution in [0.2, 0.25) is 0 Å². The number of hydrogen-bond donors (Lipinski definition) is 0. The highest BCUT2D eigenvalue weighted by Crippen LogP contribution is 2.39. The number of rotatable bonds is 1. The van der Waals surface area contributed by atoms with Crippen molar-refractivity contribution in [1.82, 2.24) is 4.98 Å². The molecule has 0 radical (unpaired) electrons. The fourth-order valence-electron chi connectivity index (χ4n) is 3.49. The molecule has 0 fully saturated rings. The summed E-state index contributed by atoms with van der Waals surface area (Å²) in [5, 5.41) is 0.867. The Balaban J connectivity index is 2.20. The first-order chi connectivity index (χ1) is 11.9. The van der Waals surface area contributed by atoms with Crippen LogP contribution in [0.1, 0.15) is 16.7 Å². The molecule has 4 aromatic rings. The van der Waals surface area contributed by atoms with E-state index in [-0.39, 0.29) is 11.5 Å². The maximum atomic E-state index is 14.8. The number of benzene rings is 1. The zero-order valence-corrected chi connectivity index (χ0v) is 14.4. The highest BCUT2D eigenvalue weighted by atomic mass is 19.1. The summed E-state index contributed by atoms with van der Waals surface area (Å²) in [5.74, 6) is -1.02. The Hall–Kier alpha value is -2.82. The summed E-state index contributed by atoms with van der Waals surface area (Å²) >= 11 is 0. The monoisotopic (exact) mass is 339 g/mol. The van der Waals surface area contributed by atoms with Crippen molar-refractivity contribution in [2.75, 3.05) is 0 Å². The zero-order valence-electron chi connectivity index (χ0n) is 14.4. The highest BCUT2D eigenvalue weighted by Gasteiger charge is 2.24. The third-order valence-electron chi connectivity index (χ3n) is 4.57. The Bertz CT molecular complexity index is 1160. The van der Waals surface area contributed by atoms with Crippen molar-refractivity contribution in [1.29, 1.82) is 0 Å². The first-order valence-corrected chi connectivity index (χ1v) is 8.02. The summed E-state index contributed by atoms with van der Waals surface area (Å²) in [6.07, 6.45) is 2.00. The predicted octanol–water partition coefficient (Wildman–Crippen LogP) is 4.68. The summed E-state index contributed by atoms with van der Waals surface area (Å²) < 4.78 is 36.2. The second kappa shape index (κ2) is 5.34. The minimum atomic E-state index is -0.636. The van der Waals surface area contributed by atoms with E-state index in [0.29, 0.717) is 21.9 Å². The number of aryl methyl sites for hydroxylation is 4. The van der Waals surface area contributed by atoms with E-state index in [2.05, 4.69) is 4.98 Å². The average molecular weight is 339 g/mol. The summed E-state index contributed by atoms with van der Waals surface area (Å²) in [5.41, 5.74) is 4.67. The molecule has 3 heterocycles. The van der Waals surface area contributed by atoms with Crippen LogP contribution in [0, 0.1) is 32.5 Å². The lowest BCUT2D eigenvalue weighted by atomic mass is 9.99. The molecule has 3 nitrogen and oxygen atoms in total. The summed E-state index contributed by atoms with van der Waals surface area (Å²) in [6, 6.07) is 6.76. The average Bonchev–Trinajstić information content (AvgIpc) is 2.88. The molecular weight excluding hydrogens is 322 g/mol. The lowest BCUT2D eigenvalue weighted by Crippen LogP contribution is -2.31. The minimum absolute atomic E-state index is 0.119. The van der Waals surface area contributed by atoms with Crippen LogP contribution in [0.3, 0.4) is 0 Å². The van der Waals surface area contributed by atoms with Gasteiger partial charge in [0.25, 0.3) is 0 Å². The van der Waals surface area contributed by atoms with Gasteiger partial charge in [0, 0.05) is 11.6 Å². The Labute approximate surface area is 143 Å². The van der Waals surface area contributed by atoms with Crippen molar-refractivity contribution in [2.24, 2.45) is 7.05 Å². The molecule has 0 N–H and O–H groups in total. The number of pyridine rings is 2. The molecule has 1 aromatic carbocycles. The number of furan rings is 1. The lowest BCUT2D eigenvalue weighted by Gasteiger charge is -2.07. The smallest absolute Gasteiger partial charge is 0.230 e. The zero-order chi connectivity index (χ0) is 17.9. The third-order valence-corrected chi connectivity index (χ3v) is 4.57. The standard InChI is InChI=1S/C20H17F2N2O/c1-10-5-6-14(24(4)9-10)16-11(2)7-13(21)18-17-12(3)8-15(22)23-20(17)25-19(16)18/h5-9H,1-4H3/q+1. The van der Waals surface area contributed by atoms with Gasteiger partial charge in [-0.05, 0) is 50.1 Å². The summed E-state index contributed by atoms with van der Waals surface area (Å²) in [6.45, 7) is 5.58. The number of nitrogens with zero attached hydrogens (tertiary/aromatic N) is 2. The maximum Gasteiger partial charge on any atom is 0.230 e. The van der Waals surface area contributed by atoms with E-state index < -0.39 is 5.95 Å². The molecule has 25 heavy (non-hydrogen) atoms. The predicted molar refractivity (Wildman–Crippen MR) is 92.3 cm³/mol. The number of fused-ring (bicyclic) bond motifs is 3. The van der Waals surface area contributed by atoms with Crippen molar-refractivity contribution in [3.8, 4) is 11.3 Å². The minimum Gasteiger partial charge on any atom is -0.437 e. The summed E-state index contributed by atoms with van der Waals surface area (Å²) in [4.78, 5) is 3.81. The van der Waals surface area contributed by atoms with Crippen LogP contribution in [-0.4, -0.2) is 4.98 Å². The van der Waals surface area contributed by atoms with Crippen LogP contribution in [0.5, 0.6) is 0 Å². The van der Waals surface area contributed by atoms with Gasteiger partial charge in [-0.2, -0.15) is 9.37 Å². The van der Waals surface area contributed by atoms with Crippen molar-refractivity contribution >= 4 is 22.1 Å². The Kier molecular flexibility index (Phi) is 3.35. The van der Waals surface area contributed by atoms with Crippen molar-refractivity contribution in [2.45, 2.75) is 20.8 Å². The quantitative estimate of drug-likeness (QED) is 0.372. The molecule has 0 spiro atoms. The van der Waals surface area contributed by atoms with Crippen LogP contribution in [0.4, 0.5) is 8.78 Å². The largest absolute Gasteiger partial charge is 0.437 e. The molecule has 4 rings (SSSR count). The SMILES string of the molecule is Cc1ccc(-c2c(C)cc(F)c3c2oc2nc(F)cc(C)c23)[n+](C)c1. The molecule has 0 unspecified atom stereocenters. The molecule has 0 saturated carbocycles. The number of hydrogen-bond acceptors (Lipinski definition) is 2. The van der Waals surface area contributed by atoms with E-state index in [9.17, 15) is 8.78 Å². The summed E-state index contributed by atoms with van der Waals surface area (Å²) in [7, 11) is 1.93. The van der Waals surface area contributed by atoms with Crippen molar-refractivity contribution in [3.05, 3.63) is 58.9 Å². The van der Waals surface area contributed by atoms with E-state index in [4.69, 9.17) is 4.42 Å². The molecule has 0 amide bonds. The van der Waals surface area contributed by atoms with Gasteiger partial charge < -0.3 is 4.42 Å². The van der Waals surface area contributed by atoms with Crippen molar-refractivity contribution in [3.63, 3.8) is 0 Å². The first-order valence-electron chi connectivity index (χ1n) is 8.02. The van der Waals surface area contributed by atoms with Crippen molar-refractivity contribution < 1.29 is 17.8 Å². The van der Waals surface area contributed by atoms with Crippen LogP contribution in [0.15, 0.2) is 34.9 Å². The Morgan fingerprint density at radius 3 is 2.48 bits per heavy atom. The molecule has 0 atom stereocenters. The Morgan fingerprint density at radius 2 is 1.76 bits per heavy atom. The molecule has 126 valence electrons. The van der Waals surface area contributed by atoms with E-state index in [1.807, 2.05) is 43.8 Å². The molecule has 0 bridgehead atoms. The van der Waals surface area contributed by atoms with Gasteiger partial charge in [-0.25, -0.2) is 8.96 Å². The topological polar surface area (TPSA) is 29.9 Å². The molecule has 5 heteroatoms. The second-order valence-electron chi connectivity index (χ2n) is 6.50. The fraction of sp³-hybridized carbons (Fsp3) is 0.200. The molecular formula is C20H17F2N2O+. The van der Waals surface area contributed by atoms with Gasteiger partial charge in [0.1, 0.15) is 12.9 Å². The highest BCUT2D eigenvalue weighted by molar-refractivity contribution is 6.10. The van der Waals surface area contributed by atoms with Crippen LogP contribution in [0.25, 0.3) is 33.3 Å². The van der Waals surface area contributed by atoms with E-state index in [1.54, 1.807) is 6.92 Å². The molecule has 0 aliphatic carbocycles. The molecule has 0 saturated heterocycles. The second-order valence-corrected chi connectivity index (χ2v) is 6.50. The van der Waals surface area contributed by atoms with E-state index in [0.717, 1.165) is 22.4 Å². The van der Waals surface area contributed by atoms with E-state index >= 15 is 0 Å².